The normalized spacial score (nSPS) is 11.6. The molecule has 10 nitrogen and oxygen atoms in total. The van der Waals surface area contributed by atoms with E-state index in [1.54, 1.807) is 36.4 Å². The number of fused-ring (bicyclic) bond motifs is 1. The summed E-state index contributed by atoms with van der Waals surface area (Å²) in [4.78, 5) is 62.0. The molecule has 1 aromatic heterocycles. The van der Waals surface area contributed by atoms with Gasteiger partial charge in [-0.15, -0.1) is 0 Å². The van der Waals surface area contributed by atoms with Crippen LogP contribution in [0, 0.1) is 0 Å². The first-order valence-electron chi connectivity index (χ1n) is 11.8. The Hall–Kier alpha value is -4.67. The lowest BCUT2D eigenvalue weighted by molar-refractivity contribution is -0.139. The fraction of sp³-hybridized carbons (Fsp3) is 0.107. The number of aliphatic carboxylic acids is 1. The van der Waals surface area contributed by atoms with Crippen molar-refractivity contribution in [3.63, 3.8) is 0 Å². The summed E-state index contributed by atoms with van der Waals surface area (Å²) < 4.78 is 1.07. The van der Waals surface area contributed by atoms with Gasteiger partial charge in [0.25, 0.3) is 11.8 Å². The van der Waals surface area contributed by atoms with Crippen LogP contribution in [0.1, 0.15) is 43.2 Å². The Labute approximate surface area is 237 Å². The summed E-state index contributed by atoms with van der Waals surface area (Å²) in [6.07, 6.45) is -0.274. The molecule has 0 radical (unpaired) electrons. The van der Waals surface area contributed by atoms with Crippen LogP contribution in [0.3, 0.4) is 0 Å². The van der Waals surface area contributed by atoms with Gasteiger partial charge >= 0.3 is 5.97 Å². The summed E-state index contributed by atoms with van der Waals surface area (Å²) in [5, 5.41) is 24.4. The van der Waals surface area contributed by atoms with Crippen LogP contribution >= 0.6 is 23.2 Å². The van der Waals surface area contributed by atoms with Crippen molar-refractivity contribution in [3.05, 3.63) is 99.2 Å². The predicted octanol–water partition coefficient (Wildman–Crippen LogP) is 4.08. The second-order valence-corrected chi connectivity index (χ2v) is 9.54. The van der Waals surface area contributed by atoms with E-state index in [9.17, 15) is 34.2 Å². The van der Waals surface area contributed by atoms with Crippen molar-refractivity contribution < 1.29 is 34.2 Å². The van der Waals surface area contributed by atoms with Gasteiger partial charge in [-0.3, -0.25) is 23.7 Å². The lowest BCUT2D eigenvalue weighted by Gasteiger charge is -2.15. The molecule has 4 rings (SSSR count). The maximum Gasteiger partial charge on any atom is 0.326 e. The zero-order chi connectivity index (χ0) is 29.0. The van der Waals surface area contributed by atoms with Crippen LogP contribution in [-0.4, -0.2) is 50.8 Å². The number of hydrogen-bond acceptors (Lipinski definition) is 6. The highest BCUT2D eigenvalue weighted by Gasteiger charge is 2.28. The summed E-state index contributed by atoms with van der Waals surface area (Å²) >= 11 is 12.5. The Morgan fingerprint density at radius 3 is 2.27 bits per heavy atom. The van der Waals surface area contributed by atoms with E-state index < -0.39 is 36.0 Å². The molecule has 12 heteroatoms. The molecule has 1 atom stereocenters. The molecule has 0 fully saturated rings. The Kier molecular flexibility index (Phi) is 8.52. The molecule has 0 saturated carbocycles. The Balaban J connectivity index is 1.49. The standard InChI is InChI=1S/C28H21Cl2N3O7/c29-19-9-17(26(37)31-13-15-4-3-6-18(35)8-15)10-20(30)25(19)24(36)12-21(28(39)40)32-27(38)23-11-16-5-1-2-7-22(16)33(23)14-34/h1-11,14,21,35H,12-13H2,(H,31,37)(H,32,38)(H,39,40)/t21-/m0/s1. The SMILES string of the molecule is O=Cn1c(C(=O)N[C@@H](CC(=O)c2c(Cl)cc(C(=O)NCc3cccc(O)c3)cc2Cl)C(=O)O)cc2ccccc21. The van der Waals surface area contributed by atoms with Gasteiger partial charge in [0.15, 0.2) is 5.78 Å². The Morgan fingerprint density at radius 1 is 0.925 bits per heavy atom. The number of carboxylic acids is 1. The zero-order valence-electron chi connectivity index (χ0n) is 20.6. The van der Waals surface area contributed by atoms with Gasteiger partial charge in [0.1, 0.15) is 17.5 Å². The van der Waals surface area contributed by atoms with E-state index in [1.807, 2.05) is 0 Å². The van der Waals surface area contributed by atoms with E-state index in [0.717, 1.165) is 4.57 Å². The third-order valence-corrected chi connectivity index (χ3v) is 6.62. The molecule has 0 saturated heterocycles. The van der Waals surface area contributed by atoms with Crippen molar-refractivity contribution >= 4 is 64.1 Å². The van der Waals surface area contributed by atoms with Crippen LogP contribution in [0.25, 0.3) is 10.9 Å². The molecular formula is C28H21Cl2N3O7. The van der Waals surface area contributed by atoms with Crippen LogP contribution in [0.5, 0.6) is 5.75 Å². The lowest BCUT2D eigenvalue weighted by Crippen LogP contribution is -2.43. The quantitative estimate of drug-likeness (QED) is 0.162. The summed E-state index contributed by atoms with van der Waals surface area (Å²) in [7, 11) is 0. The number of nitrogens with one attached hydrogen (secondary N) is 2. The van der Waals surface area contributed by atoms with E-state index in [4.69, 9.17) is 23.2 Å². The Morgan fingerprint density at radius 2 is 1.62 bits per heavy atom. The molecule has 0 aliphatic carbocycles. The third-order valence-electron chi connectivity index (χ3n) is 6.03. The highest BCUT2D eigenvalue weighted by Crippen LogP contribution is 2.29. The molecule has 0 spiro atoms. The molecule has 0 unspecified atom stereocenters. The molecule has 0 aliphatic heterocycles. The molecule has 4 aromatic rings. The van der Waals surface area contributed by atoms with Crippen molar-refractivity contribution in [3.8, 4) is 5.75 Å². The number of phenols is 1. The van der Waals surface area contributed by atoms with Crippen molar-refractivity contribution in [1.82, 2.24) is 15.2 Å². The number of phenolic OH excluding ortho intramolecular Hbond substituents is 1. The van der Waals surface area contributed by atoms with Gasteiger partial charge in [0.2, 0.25) is 6.41 Å². The number of ketones is 1. The number of benzene rings is 3. The minimum atomic E-state index is -1.67. The maximum absolute atomic E-state index is 13.0. The number of para-hydroxylation sites is 1. The molecular weight excluding hydrogens is 561 g/mol. The maximum atomic E-state index is 13.0. The van der Waals surface area contributed by atoms with Crippen LogP contribution in [-0.2, 0) is 16.1 Å². The molecule has 0 aliphatic rings. The minimum Gasteiger partial charge on any atom is -0.508 e. The van der Waals surface area contributed by atoms with Crippen molar-refractivity contribution in [2.45, 2.75) is 19.0 Å². The molecule has 204 valence electrons. The fourth-order valence-corrected chi connectivity index (χ4v) is 4.80. The number of carbonyl (C=O) groups is 5. The van der Waals surface area contributed by atoms with Gasteiger partial charge in [0, 0.05) is 23.9 Å². The van der Waals surface area contributed by atoms with Crippen molar-refractivity contribution in [2.24, 2.45) is 0 Å². The molecule has 3 aromatic carbocycles. The third kappa shape index (κ3) is 6.14. The number of aromatic nitrogens is 1. The first-order valence-corrected chi connectivity index (χ1v) is 12.5. The molecule has 4 N–H and O–H groups in total. The fourth-order valence-electron chi connectivity index (χ4n) is 4.11. The van der Waals surface area contributed by atoms with Gasteiger partial charge in [-0.1, -0.05) is 53.5 Å². The monoisotopic (exact) mass is 581 g/mol. The van der Waals surface area contributed by atoms with E-state index >= 15 is 0 Å². The number of carbonyl (C=O) groups excluding carboxylic acids is 4. The number of rotatable bonds is 10. The van der Waals surface area contributed by atoms with Crippen LogP contribution < -0.4 is 10.6 Å². The number of amides is 2. The van der Waals surface area contributed by atoms with Crippen molar-refractivity contribution in [2.75, 3.05) is 0 Å². The lowest BCUT2D eigenvalue weighted by atomic mass is 10.0. The highest BCUT2D eigenvalue weighted by atomic mass is 35.5. The summed E-state index contributed by atoms with van der Waals surface area (Å²) in [5.74, 6) is -3.66. The number of halogens is 2. The minimum absolute atomic E-state index is 0.0442. The van der Waals surface area contributed by atoms with Crippen LogP contribution in [0.4, 0.5) is 0 Å². The van der Waals surface area contributed by atoms with E-state index in [2.05, 4.69) is 10.6 Å². The number of carboxylic acid groups (broad SMARTS) is 1. The number of Topliss-reactive ketones (excluding diaryl/α,β-unsaturated/α-hetero) is 1. The van der Waals surface area contributed by atoms with E-state index in [1.165, 1.54) is 30.3 Å². The van der Waals surface area contributed by atoms with Crippen LogP contribution in [0.2, 0.25) is 10.0 Å². The summed E-state index contributed by atoms with van der Waals surface area (Å²) in [6, 6.07) is 15.2. The second-order valence-electron chi connectivity index (χ2n) is 8.72. The molecule has 40 heavy (non-hydrogen) atoms. The van der Waals surface area contributed by atoms with Crippen molar-refractivity contribution in [1.29, 1.82) is 0 Å². The molecule has 0 bridgehead atoms. The van der Waals surface area contributed by atoms with Gasteiger partial charge in [0.05, 0.1) is 21.1 Å². The van der Waals surface area contributed by atoms with Gasteiger partial charge < -0.3 is 20.8 Å². The van der Waals surface area contributed by atoms with Gasteiger partial charge in [-0.05, 0) is 42.0 Å². The summed E-state index contributed by atoms with van der Waals surface area (Å²) in [5.41, 5.74) is 0.835. The molecule has 2 amide bonds. The zero-order valence-corrected chi connectivity index (χ0v) is 22.1. The van der Waals surface area contributed by atoms with Gasteiger partial charge in [-0.2, -0.15) is 0 Å². The summed E-state index contributed by atoms with van der Waals surface area (Å²) in [6.45, 7) is 0.103. The second kappa shape index (κ2) is 12.0. The molecule has 1 heterocycles. The van der Waals surface area contributed by atoms with E-state index in [0.29, 0.717) is 22.9 Å². The number of hydrogen-bond donors (Lipinski definition) is 4. The average Bonchev–Trinajstić information content (AvgIpc) is 3.29. The number of aromatic hydroxyl groups is 1. The highest BCUT2D eigenvalue weighted by molar-refractivity contribution is 6.40. The topological polar surface area (TPSA) is 155 Å². The van der Waals surface area contributed by atoms with E-state index in [-0.39, 0.29) is 39.2 Å². The first kappa shape index (κ1) is 28.3. The predicted molar refractivity (Wildman–Crippen MR) is 148 cm³/mol. The van der Waals surface area contributed by atoms with Crippen LogP contribution in [0.15, 0.2) is 66.7 Å². The number of nitrogens with zero attached hydrogens (tertiary/aromatic N) is 1. The average molecular weight is 582 g/mol. The first-order chi connectivity index (χ1) is 19.1. The largest absolute Gasteiger partial charge is 0.508 e. The van der Waals surface area contributed by atoms with Gasteiger partial charge in [-0.25, -0.2) is 4.79 Å². The Bertz CT molecular complexity index is 1640. The smallest absolute Gasteiger partial charge is 0.326 e.